The molecule has 1 rings (SSSR count). The quantitative estimate of drug-likeness (QED) is 0.740. The molecule has 1 atom stereocenters. The van der Waals surface area contributed by atoms with E-state index in [0.29, 0.717) is 19.7 Å². The van der Waals surface area contributed by atoms with Crippen LogP contribution in [0.15, 0.2) is 0 Å². The minimum Gasteiger partial charge on any atom is -0.383 e. The number of rotatable bonds is 4. The Balaban J connectivity index is 2.89. The van der Waals surface area contributed by atoms with Crippen molar-refractivity contribution in [3.05, 3.63) is 0 Å². The van der Waals surface area contributed by atoms with Crippen LogP contribution >= 0.6 is 0 Å². The first-order valence-electron chi connectivity index (χ1n) is 6.26. The van der Waals surface area contributed by atoms with Crippen LogP contribution in [-0.2, 0) is 9.53 Å². The minimum absolute atomic E-state index is 0.0301. The summed E-state index contributed by atoms with van der Waals surface area (Å²) in [4.78, 5) is 16.2. The first kappa shape index (κ1) is 14.9. The molecule has 0 radical (unpaired) electrons. The van der Waals surface area contributed by atoms with E-state index >= 15 is 0 Å². The average Bonchev–Trinajstić information content (AvgIpc) is 2.36. The predicted octanol–water partition coefficient (Wildman–Crippen LogP) is 0.715. The van der Waals surface area contributed by atoms with Crippen molar-refractivity contribution in [3.63, 3.8) is 0 Å². The lowest BCUT2D eigenvalue weighted by atomic mass is 9.92. The summed E-state index contributed by atoms with van der Waals surface area (Å²) in [6, 6.07) is 1.78. The van der Waals surface area contributed by atoms with Gasteiger partial charge in [-0.15, -0.1) is 0 Å². The molecule has 1 saturated heterocycles. The second-order valence-corrected chi connectivity index (χ2v) is 5.71. The van der Waals surface area contributed by atoms with Gasteiger partial charge in [-0.3, -0.25) is 9.69 Å². The van der Waals surface area contributed by atoms with Gasteiger partial charge in [0.2, 0.25) is 5.91 Å². The Bertz CT molecular complexity index is 336. The number of nitrogens with zero attached hydrogens (tertiary/aromatic N) is 3. The lowest BCUT2D eigenvalue weighted by Gasteiger charge is -2.29. The van der Waals surface area contributed by atoms with Crippen LogP contribution in [0.1, 0.15) is 20.3 Å². The third-order valence-corrected chi connectivity index (χ3v) is 3.28. The topological polar surface area (TPSA) is 56.6 Å². The number of amides is 1. The van der Waals surface area contributed by atoms with Gasteiger partial charge in [0.1, 0.15) is 6.04 Å². The number of carbonyl (C=O) groups is 1. The van der Waals surface area contributed by atoms with E-state index in [1.165, 1.54) is 0 Å². The van der Waals surface area contributed by atoms with Gasteiger partial charge in [0.15, 0.2) is 0 Å². The maximum atomic E-state index is 12.4. The van der Waals surface area contributed by atoms with Crippen molar-refractivity contribution in [2.24, 2.45) is 5.41 Å². The molecule has 18 heavy (non-hydrogen) atoms. The van der Waals surface area contributed by atoms with Crippen LogP contribution in [0.5, 0.6) is 0 Å². The van der Waals surface area contributed by atoms with E-state index in [-0.39, 0.29) is 23.8 Å². The molecule has 0 aromatic carbocycles. The van der Waals surface area contributed by atoms with Gasteiger partial charge in [-0.05, 0) is 12.5 Å². The fraction of sp³-hybridized carbons (Fsp3) is 0.846. The maximum absolute atomic E-state index is 12.4. The van der Waals surface area contributed by atoms with Crippen LogP contribution in [0.25, 0.3) is 0 Å². The van der Waals surface area contributed by atoms with E-state index in [1.54, 1.807) is 7.11 Å². The van der Waals surface area contributed by atoms with Crippen LogP contribution in [0.4, 0.5) is 0 Å². The zero-order chi connectivity index (χ0) is 13.8. The molecule has 0 spiro atoms. The van der Waals surface area contributed by atoms with Crippen molar-refractivity contribution in [3.8, 4) is 6.07 Å². The van der Waals surface area contributed by atoms with Crippen LogP contribution in [-0.4, -0.2) is 62.1 Å². The van der Waals surface area contributed by atoms with Crippen LogP contribution in [0.3, 0.4) is 0 Å². The van der Waals surface area contributed by atoms with Gasteiger partial charge in [0, 0.05) is 26.7 Å². The summed E-state index contributed by atoms with van der Waals surface area (Å²) in [6.45, 7) is 6.94. The average molecular weight is 253 g/mol. The number of hydrogen-bond acceptors (Lipinski definition) is 4. The first-order chi connectivity index (χ1) is 8.41. The second-order valence-electron chi connectivity index (χ2n) is 5.71. The van der Waals surface area contributed by atoms with Crippen molar-refractivity contribution >= 4 is 5.91 Å². The van der Waals surface area contributed by atoms with E-state index in [9.17, 15) is 4.79 Å². The Morgan fingerprint density at radius 2 is 2.17 bits per heavy atom. The van der Waals surface area contributed by atoms with Gasteiger partial charge in [-0.1, -0.05) is 13.8 Å². The predicted molar refractivity (Wildman–Crippen MR) is 68.9 cm³/mol. The number of hydrogen-bond donors (Lipinski definition) is 0. The molecule has 0 aromatic rings. The van der Waals surface area contributed by atoms with Gasteiger partial charge >= 0.3 is 0 Å². The van der Waals surface area contributed by atoms with E-state index in [0.717, 1.165) is 6.54 Å². The number of nitriles is 1. The molecule has 0 aromatic heterocycles. The zero-order valence-corrected chi connectivity index (χ0v) is 11.8. The van der Waals surface area contributed by atoms with Crippen molar-refractivity contribution < 1.29 is 9.53 Å². The normalized spacial score (nSPS) is 24.7. The molecule has 0 N–H and O–H groups in total. The smallest absolute Gasteiger partial charge is 0.241 e. The van der Waals surface area contributed by atoms with Gasteiger partial charge in [0.25, 0.3) is 0 Å². The highest BCUT2D eigenvalue weighted by Crippen LogP contribution is 2.25. The van der Waals surface area contributed by atoms with Crippen molar-refractivity contribution in [2.45, 2.75) is 26.3 Å². The SMILES string of the molecule is COCCN1CC(C)(C)CN(C)C(CC#N)C1=O. The molecule has 5 nitrogen and oxygen atoms in total. The highest BCUT2D eigenvalue weighted by molar-refractivity contribution is 5.82. The lowest BCUT2D eigenvalue weighted by molar-refractivity contribution is -0.135. The Morgan fingerprint density at radius 1 is 1.50 bits per heavy atom. The van der Waals surface area contributed by atoms with Gasteiger partial charge in [-0.2, -0.15) is 5.26 Å². The zero-order valence-electron chi connectivity index (χ0n) is 11.8. The Morgan fingerprint density at radius 3 is 2.72 bits per heavy atom. The van der Waals surface area contributed by atoms with Crippen LogP contribution < -0.4 is 0 Å². The number of likely N-dealkylation sites (N-methyl/N-ethyl adjacent to an activating group) is 1. The fourth-order valence-electron chi connectivity index (χ4n) is 2.55. The molecule has 0 saturated carbocycles. The molecule has 0 bridgehead atoms. The molecule has 5 heteroatoms. The molecule has 1 aliphatic heterocycles. The summed E-state index contributed by atoms with van der Waals surface area (Å²) in [7, 11) is 3.55. The number of ether oxygens (including phenoxy) is 1. The summed E-state index contributed by atoms with van der Waals surface area (Å²) >= 11 is 0. The molecule has 1 fully saturated rings. The Kier molecular flexibility index (Phi) is 5.12. The standard InChI is InChI=1S/C13H23N3O2/c1-13(2)9-15(3)11(5-6-14)12(17)16(10-13)7-8-18-4/h11H,5,7-10H2,1-4H3. The van der Waals surface area contributed by atoms with Gasteiger partial charge in [0.05, 0.1) is 19.1 Å². The van der Waals surface area contributed by atoms with Crippen LogP contribution in [0.2, 0.25) is 0 Å². The summed E-state index contributed by atoms with van der Waals surface area (Å²) in [6.07, 6.45) is 0.245. The maximum Gasteiger partial charge on any atom is 0.241 e. The van der Waals surface area contributed by atoms with E-state index in [4.69, 9.17) is 10.00 Å². The number of methoxy groups -OCH3 is 1. The molecular weight excluding hydrogens is 230 g/mol. The first-order valence-corrected chi connectivity index (χ1v) is 6.26. The monoisotopic (exact) mass is 253 g/mol. The van der Waals surface area contributed by atoms with Gasteiger partial charge in [-0.25, -0.2) is 0 Å². The fourth-order valence-corrected chi connectivity index (χ4v) is 2.55. The second kappa shape index (κ2) is 6.17. The Labute approximate surface area is 109 Å². The van der Waals surface area contributed by atoms with E-state index in [1.807, 2.05) is 16.8 Å². The molecular formula is C13H23N3O2. The summed E-state index contributed by atoms with van der Waals surface area (Å²) in [5.74, 6) is 0.0432. The summed E-state index contributed by atoms with van der Waals surface area (Å²) in [5.41, 5.74) is 0.0301. The highest BCUT2D eigenvalue weighted by atomic mass is 16.5. The molecule has 0 aliphatic carbocycles. The van der Waals surface area contributed by atoms with Crippen molar-refractivity contribution in [1.29, 1.82) is 5.26 Å². The van der Waals surface area contributed by atoms with E-state index in [2.05, 4.69) is 19.9 Å². The van der Waals surface area contributed by atoms with Crippen LogP contribution in [0, 0.1) is 16.7 Å². The van der Waals surface area contributed by atoms with Gasteiger partial charge < -0.3 is 9.64 Å². The lowest BCUT2D eigenvalue weighted by Crippen LogP contribution is -2.45. The third kappa shape index (κ3) is 3.69. The molecule has 1 unspecified atom stereocenters. The summed E-state index contributed by atoms with van der Waals surface area (Å²) in [5, 5.41) is 8.87. The molecule has 1 aliphatic rings. The molecule has 102 valence electrons. The molecule has 1 amide bonds. The largest absolute Gasteiger partial charge is 0.383 e. The van der Waals surface area contributed by atoms with Crippen molar-refractivity contribution in [2.75, 3.05) is 40.4 Å². The summed E-state index contributed by atoms with van der Waals surface area (Å²) < 4.78 is 5.05. The molecule has 1 heterocycles. The number of carbonyl (C=O) groups excluding carboxylic acids is 1. The minimum atomic E-state index is -0.325. The highest BCUT2D eigenvalue weighted by Gasteiger charge is 2.37. The van der Waals surface area contributed by atoms with E-state index < -0.39 is 0 Å². The third-order valence-electron chi connectivity index (χ3n) is 3.28. The van der Waals surface area contributed by atoms with Crippen molar-refractivity contribution in [1.82, 2.24) is 9.80 Å². The Hall–Kier alpha value is -1.12.